The lowest BCUT2D eigenvalue weighted by molar-refractivity contribution is 0.101. The fraction of sp³-hybridized carbons (Fsp3) is 0.250. The summed E-state index contributed by atoms with van der Waals surface area (Å²) in [6.45, 7) is 8.98. The molecule has 0 spiro atoms. The summed E-state index contributed by atoms with van der Waals surface area (Å²) in [4.78, 5) is 27.6. The second kappa shape index (κ2) is 6.63. The predicted octanol–water partition coefficient (Wildman–Crippen LogP) is 3.89. The average molecular weight is 350 g/mol. The zero-order valence-corrected chi connectivity index (χ0v) is 15.6. The van der Waals surface area contributed by atoms with E-state index in [0.29, 0.717) is 28.2 Å². The molecule has 1 amide bonds. The molecule has 2 heterocycles. The number of para-hydroxylation sites is 2. The molecule has 2 aromatic heterocycles. The maximum Gasteiger partial charge on any atom is 0.272 e. The van der Waals surface area contributed by atoms with Crippen LogP contribution in [0.3, 0.4) is 0 Å². The Kier molecular flexibility index (Phi) is 4.50. The van der Waals surface area contributed by atoms with Crippen LogP contribution in [0.2, 0.25) is 0 Å². The van der Waals surface area contributed by atoms with E-state index in [0.717, 1.165) is 17.1 Å². The second-order valence-corrected chi connectivity index (χ2v) is 6.49. The molecule has 1 aromatic carbocycles. The third kappa shape index (κ3) is 3.06. The van der Waals surface area contributed by atoms with Crippen molar-refractivity contribution in [1.82, 2.24) is 14.8 Å². The molecule has 6 heteroatoms. The Labute approximate surface area is 152 Å². The van der Waals surface area contributed by atoms with Crippen molar-refractivity contribution in [3.63, 3.8) is 0 Å². The van der Waals surface area contributed by atoms with Crippen LogP contribution >= 0.6 is 0 Å². The number of carbonyl (C=O) groups excluding carboxylic acids is 2. The van der Waals surface area contributed by atoms with Gasteiger partial charge in [-0.25, -0.2) is 4.68 Å². The highest BCUT2D eigenvalue weighted by Crippen LogP contribution is 2.24. The number of nitrogens with one attached hydrogen (secondary N) is 2. The van der Waals surface area contributed by atoms with Crippen LogP contribution in [0, 0.1) is 27.7 Å². The summed E-state index contributed by atoms with van der Waals surface area (Å²) >= 11 is 0. The molecule has 0 fully saturated rings. The minimum absolute atomic E-state index is 0.0571. The number of aromatic nitrogens is 3. The van der Waals surface area contributed by atoms with Crippen LogP contribution in [-0.2, 0) is 0 Å². The van der Waals surface area contributed by atoms with E-state index in [4.69, 9.17) is 0 Å². The predicted molar refractivity (Wildman–Crippen MR) is 101 cm³/mol. The number of hydrogen-bond acceptors (Lipinski definition) is 3. The molecule has 0 aliphatic rings. The van der Waals surface area contributed by atoms with Gasteiger partial charge in [0.15, 0.2) is 5.78 Å². The van der Waals surface area contributed by atoms with Gasteiger partial charge in [-0.05, 0) is 58.4 Å². The first-order valence-corrected chi connectivity index (χ1v) is 8.43. The van der Waals surface area contributed by atoms with Crippen LogP contribution in [0.4, 0.5) is 5.69 Å². The van der Waals surface area contributed by atoms with Crippen molar-refractivity contribution in [3.8, 4) is 5.69 Å². The van der Waals surface area contributed by atoms with Gasteiger partial charge in [0, 0.05) is 17.0 Å². The molecule has 0 aliphatic heterocycles. The number of ketones is 1. The van der Waals surface area contributed by atoms with Crippen LogP contribution in [0.5, 0.6) is 0 Å². The number of benzene rings is 1. The number of H-pyrrole nitrogens is 1. The Morgan fingerprint density at radius 3 is 2.38 bits per heavy atom. The highest BCUT2D eigenvalue weighted by molar-refractivity contribution is 6.08. The normalized spacial score (nSPS) is 10.8. The van der Waals surface area contributed by atoms with Gasteiger partial charge in [0.1, 0.15) is 5.69 Å². The zero-order valence-electron chi connectivity index (χ0n) is 15.6. The minimum Gasteiger partial charge on any atom is -0.354 e. The molecule has 134 valence electrons. The van der Waals surface area contributed by atoms with Crippen molar-refractivity contribution < 1.29 is 9.59 Å². The maximum absolute atomic E-state index is 12.8. The van der Waals surface area contributed by atoms with Crippen molar-refractivity contribution >= 4 is 17.4 Å². The largest absolute Gasteiger partial charge is 0.354 e. The van der Waals surface area contributed by atoms with Crippen molar-refractivity contribution in [1.29, 1.82) is 0 Å². The number of aryl methyl sites for hydroxylation is 3. The quantitative estimate of drug-likeness (QED) is 0.701. The molecule has 0 unspecified atom stereocenters. The molecule has 26 heavy (non-hydrogen) atoms. The van der Waals surface area contributed by atoms with E-state index in [-0.39, 0.29) is 11.7 Å². The first-order valence-electron chi connectivity index (χ1n) is 8.43. The van der Waals surface area contributed by atoms with E-state index >= 15 is 0 Å². The van der Waals surface area contributed by atoms with Crippen LogP contribution in [0.25, 0.3) is 5.69 Å². The van der Waals surface area contributed by atoms with Gasteiger partial charge in [-0.15, -0.1) is 0 Å². The maximum atomic E-state index is 12.8. The summed E-state index contributed by atoms with van der Waals surface area (Å²) < 4.78 is 1.80. The van der Waals surface area contributed by atoms with E-state index in [2.05, 4.69) is 15.4 Å². The number of amides is 1. The van der Waals surface area contributed by atoms with Crippen molar-refractivity contribution in [3.05, 3.63) is 64.2 Å². The summed E-state index contributed by atoms with van der Waals surface area (Å²) in [5, 5.41) is 7.43. The lowest BCUT2D eigenvalue weighted by atomic mass is 10.1. The fourth-order valence-electron chi connectivity index (χ4n) is 3.33. The van der Waals surface area contributed by atoms with E-state index < -0.39 is 0 Å². The Morgan fingerprint density at radius 1 is 1.12 bits per heavy atom. The Bertz CT molecular complexity index is 1010. The number of carbonyl (C=O) groups is 2. The summed E-state index contributed by atoms with van der Waals surface area (Å²) in [6.07, 6.45) is 0. The van der Waals surface area contributed by atoms with E-state index in [1.54, 1.807) is 18.5 Å². The molecule has 2 N–H and O–H groups in total. The molecule has 3 aromatic rings. The second-order valence-electron chi connectivity index (χ2n) is 6.49. The van der Waals surface area contributed by atoms with Gasteiger partial charge in [0.05, 0.1) is 17.1 Å². The summed E-state index contributed by atoms with van der Waals surface area (Å²) in [6, 6.07) is 9.48. The van der Waals surface area contributed by atoms with Gasteiger partial charge in [-0.3, -0.25) is 9.59 Å². The standard InChI is InChI=1S/C20H22N4O2/c1-11-10-12(2)24(23-11)17-9-7-6-8-16(17)22-20(26)19-13(3)18(15(5)25)14(4)21-19/h6-10,21H,1-5H3,(H,22,26). The zero-order chi connectivity index (χ0) is 19.0. The van der Waals surface area contributed by atoms with Gasteiger partial charge in [0.25, 0.3) is 5.91 Å². The lowest BCUT2D eigenvalue weighted by Crippen LogP contribution is -2.16. The number of anilines is 1. The molecular formula is C20H22N4O2. The number of rotatable bonds is 4. The first-order chi connectivity index (χ1) is 12.3. The van der Waals surface area contributed by atoms with Crippen LogP contribution in [0.1, 0.15) is 50.4 Å². The molecule has 0 radical (unpaired) electrons. The molecule has 0 aliphatic carbocycles. The van der Waals surface area contributed by atoms with Gasteiger partial charge in [-0.1, -0.05) is 12.1 Å². The molecule has 6 nitrogen and oxygen atoms in total. The number of Topliss-reactive ketones (excluding diaryl/α,β-unsaturated/α-hetero) is 1. The molecule has 0 saturated heterocycles. The monoisotopic (exact) mass is 350 g/mol. The average Bonchev–Trinajstić information content (AvgIpc) is 3.06. The van der Waals surface area contributed by atoms with Gasteiger partial charge in [-0.2, -0.15) is 5.10 Å². The van der Waals surface area contributed by atoms with Crippen LogP contribution in [0.15, 0.2) is 30.3 Å². The smallest absolute Gasteiger partial charge is 0.272 e. The third-order valence-corrected chi connectivity index (χ3v) is 4.41. The van der Waals surface area contributed by atoms with Gasteiger partial charge >= 0.3 is 0 Å². The lowest BCUT2D eigenvalue weighted by Gasteiger charge is -2.12. The van der Waals surface area contributed by atoms with Crippen LogP contribution in [-0.4, -0.2) is 26.5 Å². The van der Waals surface area contributed by atoms with Crippen LogP contribution < -0.4 is 5.32 Å². The Hall–Kier alpha value is -3.15. The first kappa shape index (κ1) is 17.7. The highest BCUT2D eigenvalue weighted by Gasteiger charge is 2.21. The van der Waals surface area contributed by atoms with E-state index in [9.17, 15) is 9.59 Å². The molecule has 0 atom stereocenters. The third-order valence-electron chi connectivity index (χ3n) is 4.41. The number of aromatic amines is 1. The molecule has 0 bridgehead atoms. The van der Waals surface area contributed by atoms with Crippen molar-refractivity contribution in [2.75, 3.05) is 5.32 Å². The van der Waals surface area contributed by atoms with E-state index in [1.165, 1.54) is 6.92 Å². The molecule has 3 rings (SSSR count). The number of nitrogens with zero attached hydrogens (tertiary/aromatic N) is 2. The minimum atomic E-state index is -0.285. The van der Waals surface area contributed by atoms with Crippen molar-refractivity contribution in [2.24, 2.45) is 0 Å². The summed E-state index contributed by atoms with van der Waals surface area (Å²) in [7, 11) is 0. The molecule has 0 saturated carbocycles. The Morgan fingerprint density at radius 2 is 1.81 bits per heavy atom. The van der Waals surface area contributed by atoms with Gasteiger partial charge in [0.2, 0.25) is 0 Å². The topological polar surface area (TPSA) is 79.8 Å². The molecular weight excluding hydrogens is 328 g/mol. The number of hydrogen-bond donors (Lipinski definition) is 2. The van der Waals surface area contributed by atoms with Crippen molar-refractivity contribution in [2.45, 2.75) is 34.6 Å². The Balaban J connectivity index is 1.98. The highest BCUT2D eigenvalue weighted by atomic mass is 16.2. The van der Waals surface area contributed by atoms with Gasteiger partial charge < -0.3 is 10.3 Å². The fourth-order valence-corrected chi connectivity index (χ4v) is 3.33. The SMILES string of the molecule is CC(=O)c1c(C)[nH]c(C(=O)Nc2ccccc2-n2nc(C)cc2C)c1C. The summed E-state index contributed by atoms with van der Waals surface area (Å²) in [5.74, 6) is -0.342. The van der Waals surface area contributed by atoms with E-state index in [1.807, 2.05) is 44.2 Å². The summed E-state index contributed by atoms with van der Waals surface area (Å²) in [5.41, 5.74) is 5.67.